The molecule has 17 nitrogen and oxygen atoms in total. The normalized spacial score (nSPS) is 14.0. The maximum atomic E-state index is 13.5. The van der Waals surface area contributed by atoms with Crippen LogP contribution in [0.1, 0.15) is 105 Å². The van der Waals surface area contributed by atoms with Gasteiger partial charge in [0.2, 0.25) is 17.7 Å². The van der Waals surface area contributed by atoms with Gasteiger partial charge in [0.15, 0.2) is 0 Å². The number of carbonyl (C=O) groups is 5. The number of imidazole rings is 1. The van der Waals surface area contributed by atoms with Crippen LogP contribution in [0.5, 0.6) is 0 Å². The average molecular weight is 847 g/mol. The second kappa shape index (κ2) is 19.7. The molecule has 6 rings (SSSR count). The van der Waals surface area contributed by atoms with Crippen molar-refractivity contribution in [3.8, 4) is 0 Å². The van der Waals surface area contributed by atoms with Crippen LogP contribution in [0.3, 0.4) is 0 Å². The van der Waals surface area contributed by atoms with Crippen LogP contribution in [0, 0.1) is 13.8 Å². The molecule has 10 N–H and O–H groups in total. The van der Waals surface area contributed by atoms with Crippen molar-refractivity contribution in [1.82, 2.24) is 45.9 Å². The average Bonchev–Trinajstić information content (AvgIpc) is 4.04. The Bertz CT molecular complexity index is 2600. The molecule has 0 radical (unpaired) electrons. The molecule has 2 aliphatic heterocycles. The number of aromatic amines is 3. The van der Waals surface area contributed by atoms with E-state index in [9.17, 15) is 34.2 Å². The minimum atomic E-state index is -1.20. The predicted octanol–water partition coefficient (Wildman–Crippen LogP) is 5.09. The van der Waals surface area contributed by atoms with Crippen molar-refractivity contribution in [2.45, 2.75) is 104 Å². The van der Waals surface area contributed by atoms with E-state index in [-0.39, 0.29) is 38.5 Å². The van der Waals surface area contributed by atoms with Crippen LogP contribution in [0.4, 0.5) is 0 Å². The molecule has 0 saturated heterocycles. The highest BCUT2D eigenvalue weighted by Crippen LogP contribution is 2.37. The van der Waals surface area contributed by atoms with Crippen LogP contribution >= 0.6 is 0 Å². The third-order valence-corrected chi connectivity index (χ3v) is 11.2. The number of nitrogens with one attached hydrogen (secondary N) is 6. The number of aryl methyl sites for hydroxylation is 2. The number of H-pyrrole nitrogens is 3. The van der Waals surface area contributed by atoms with E-state index in [0.29, 0.717) is 47.9 Å². The topological polar surface area (TPSA) is 274 Å². The Morgan fingerprint density at radius 3 is 1.90 bits per heavy atom. The summed E-state index contributed by atoms with van der Waals surface area (Å²) in [4.78, 5) is 87.9. The smallest absolute Gasteiger partial charge is 0.326 e. The Morgan fingerprint density at radius 2 is 1.31 bits per heavy atom. The summed E-state index contributed by atoms with van der Waals surface area (Å²) in [5.41, 5.74) is 17.6. The van der Waals surface area contributed by atoms with Gasteiger partial charge in [0.1, 0.15) is 18.1 Å². The monoisotopic (exact) mass is 846 g/mol. The van der Waals surface area contributed by atoms with Gasteiger partial charge in [-0.3, -0.25) is 19.2 Å². The molecule has 3 atom stereocenters. The third-order valence-electron chi connectivity index (χ3n) is 11.2. The van der Waals surface area contributed by atoms with E-state index in [2.05, 4.69) is 42.0 Å². The number of hydrogen-bond acceptors (Lipinski definition) is 9. The van der Waals surface area contributed by atoms with Crippen LogP contribution < -0.4 is 21.7 Å². The summed E-state index contributed by atoms with van der Waals surface area (Å²) in [6.45, 7) is 9.80. The van der Waals surface area contributed by atoms with Gasteiger partial charge >= 0.3 is 11.9 Å². The van der Waals surface area contributed by atoms with Crippen LogP contribution in [-0.2, 0) is 30.4 Å². The van der Waals surface area contributed by atoms with E-state index in [1.807, 2.05) is 58.0 Å². The molecule has 3 amide bonds. The number of nitrogens with zero attached hydrogens (tertiary/aromatic N) is 3. The Kier molecular flexibility index (Phi) is 14.2. The highest BCUT2D eigenvalue weighted by Gasteiger charge is 2.29. The third kappa shape index (κ3) is 10.9. The van der Waals surface area contributed by atoms with E-state index < -0.39 is 47.8 Å². The van der Waals surface area contributed by atoms with Crippen LogP contribution in [0.25, 0.3) is 44.4 Å². The van der Waals surface area contributed by atoms with Gasteiger partial charge in [-0.25, -0.2) is 19.7 Å². The fourth-order valence-electron chi connectivity index (χ4n) is 7.63. The number of carboxylic acids is 2. The van der Waals surface area contributed by atoms with Crippen molar-refractivity contribution in [3.63, 3.8) is 0 Å². The van der Waals surface area contributed by atoms with Gasteiger partial charge in [-0.05, 0) is 143 Å². The first-order valence-corrected chi connectivity index (χ1v) is 20.7. The van der Waals surface area contributed by atoms with E-state index >= 15 is 0 Å². The van der Waals surface area contributed by atoms with Gasteiger partial charge in [-0.15, -0.1) is 0 Å². The van der Waals surface area contributed by atoms with Gasteiger partial charge in [0, 0.05) is 53.2 Å². The number of aromatic nitrogens is 6. The molecule has 0 spiro atoms. The number of allylic oxidation sites excluding steroid dienone is 4. The molecule has 8 bridgehead atoms. The molecule has 326 valence electrons. The zero-order valence-electron chi connectivity index (χ0n) is 35.6. The molecule has 0 fully saturated rings. The fourth-order valence-corrected chi connectivity index (χ4v) is 7.63. The minimum absolute atomic E-state index is 0.00130. The predicted molar refractivity (Wildman–Crippen MR) is 236 cm³/mol. The lowest BCUT2D eigenvalue weighted by Gasteiger charge is -2.23. The number of rotatable bonds is 18. The molecule has 0 aromatic carbocycles. The van der Waals surface area contributed by atoms with Crippen molar-refractivity contribution >= 4 is 74.0 Å². The summed E-state index contributed by atoms with van der Waals surface area (Å²) in [7, 11) is 0. The number of unbranched alkanes of at least 4 members (excludes halogenated alkanes) is 1. The minimum Gasteiger partial charge on any atom is -0.481 e. The van der Waals surface area contributed by atoms with Gasteiger partial charge < -0.3 is 46.8 Å². The zero-order chi connectivity index (χ0) is 44.7. The molecule has 0 saturated carbocycles. The van der Waals surface area contributed by atoms with Crippen molar-refractivity contribution in [2.75, 3.05) is 6.54 Å². The lowest BCUT2D eigenvalue weighted by Crippen LogP contribution is -2.55. The lowest BCUT2D eigenvalue weighted by molar-refractivity contribution is -0.142. The summed E-state index contributed by atoms with van der Waals surface area (Å²) in [6, 6.07) is 8.52. The second-order valence-electron chi connectivity index (χ2n) is 15.9. The van der Waals surface area contributed by atoms with E-state index in [4.69, 9.17) is 15.7 Å². The largest absolute Gasteiger partial charge is 0.481 e. The van der Waals surface area contributed by atoms with E-state index in [1.165, 1.54) is 19.4 Å². The lowest BCUT2D eigenvalue weighted by atomic mass is 9.98. The van der Waals surface area contributed by atoms with Crippen molar-refractivity contribution in [1.29, 1.82) is 0 Å². The standard InChI is InChI=1S/C45H54N10O7/c1-23-14-29-17-36-25(3)31(38(52-36)20-39-32(10-12-42(57)58)26(4)37(53-39)19-35-24(2)15-28(51-35)16-34(23)50-29)9-11-41(56)49-27(5)43(59)55-40(18-30-21-47-22-48-30)44(60)54-33(45(61)62)8-6-7-13-46/h14-17,19-22,27,33,40,50-51H,6-13,18,46H2,1-5H3,(H,47,48)(H,49,56)(H,54,60)(H,55,59)(H,57,58)(H,61,62)/t27-,33-,40-/m0/s1. The summed E-state index contributed by atoms with van der Waals surface area (Å²) in [5, 5.41) is 27.3. The van der Waals surface area contributed by atoms with Crippen molar-refractivity contribution in [2.24, 2.45) is 5.73 Å². The summed E-state index contributed by atoms with van der Waals surface area (Å²) >= 11 is 0. The molecule has 4 aromatic heterocycles. The Labute approximate surface area is 358 Å². The van der Waals surface area contributed by atoms with E-state index in [1.54, 1.807) is 0 Å². The Morgan fingerprint density at radius 1 is 0.710 bits per heavy atom. The van der Waals surface area contributed by atoms with Gasteiger partial charge in [-0.1, -0.05) is 0 Å². The molecule has 6 heterocycles. The van der Waals surface area contributed by atoms with Crippen LogP contribution in [0.15, 0.2) is 48.9 Å². The number of fused-ring (bicyclic) bond motifs is 8. The maximum absolute atomic E-state index is 13.5. The van der Waals surface area contributed by atoms with Crippen LogP contribution in [-0.4, -0.2) is 94.4 Å². The van der Waals surface area contributed by atoms with Gasteiger partial charge in [0.05, 0.1) is 29.1 Å². The molecule has 17 heteroatoms. The molecule has 2 aliphatic rings. The molecule has 4 aromatic rings. The molecule has 0 aliphatic carbocycles. The number of nitrogens with two attached hydrogens (primary N) is 1. The first kappa shape index (κ1) is 44.7. The molecular formula is C45H54N10O7. The number of amides is 3. The summed E-state index contributed by atoms with van der Waals surface area (Å²) < 4.78 is 0. The van der Waals surface area contributed by atoms with Gasteiger partial charge in [0.25, 0.3) is 0 Å². The van der Waals surface area contributed by atoms with Crippen molar-refractivity contribution < 1.29 is 34.2 Å². The number of aliphatic carboxylic acids is 2. The maximum Gasteiger partial charge on any atom is 0.326 e. The number of carboxylic acid groups (broad SMARTS) is 2. The first-order chi connectivity index (χ1) is 29.6. The number of carbonyl (C=O) groups excluding carboxylic acids is 3. The Hall–Kier alpha value is -6.88. The quantitative estimate of drug-likeness (QED) is 0.0595. The zero-order valence-corrected chi connectivity index (χ0v) is 35.6. The fraction of sp³-hybridized carbons (Fsp3) is 0.378. The van der Waals surface area contributed by atoms with Gasteiger partial charge in [-0.2, -0.15) is 0 Å². The molecule has 0 unspecified atom stereocenters. The van der Waals surface area contributed by atoms with E-state index in [0.717, 1.165) is 55.5 Å². The van der Waals surface area contributed by atoms with Crippen molar-refractivity contribution in [3.05, 3.63) is 88.5 Å². The Balaban J connectivity index is 1.25. The second-order valence-corrected chi connectivity index (χ2v) is 15.9. The van der Waals surface area contributed by atoms with Crippen LogP contribution in [0.2, 0.25) is 0 Å². The first-order valence-electron chi connectivity index (χ1n) is 20.7. The SMILES string of the molecule is CC1=C(CCC(=O)O)c2cc3nc(cc4cc(C)c(cc5cc(C)c(cc1n2)[nH]5)[nH]4)C(C)=C3CCC(=O)N[C@@H](C)C(=O)N[C@@H](Cc1cnc[nH]1)C(=O)N[C@@H](CCCCN)C(=O)O. The summed E-state index contributed by atoms with van der Waals surface area (Å²) in [6.07, 6.45) is 4.59. The highest BCUT2D eigenvalue weighted by atomic mass is 16.4. The summed E-state index contributed by atoms with van der Waals surface area (Å²) in [5.74, 6) is -3.89. The molecule has 62 heavy (non-hydrogen) atoms. The molecular weight excluding hydrogens is 793 g/mol. The number of hydrogen-bond donors (Lipinski definition) is 9. The highest BCUT2D eigenvalue weighted by molar-refractivity contribution is 5.97.